The zero-order valence-corrected chi connectivity index (χ0v) is 12.1. The van der Waals surface area contributed by atoms with Crippen molar-refractivity contribution in [2.45, 2.75) is 38.5 Å². The van der Waals surface area contributed by atoms with Gasteiger partial charge in [0.25, 0.3) is 0 Å². The lowest BCUT2D eigenvalue weighted by molar-refractivity contribution is -0.143. The maximum absolute atomic E-state index is 11.3. The molecule has 0 aliphatic heterocycles. The number of hydrogen-bond donors (Lipinski definition) is 1. The lowest BCUT2D eigenvalue weighted by Crippen LogP contribution is -2.24. The van der Waals surface area contributed by atoms with Gasteiger partial charge in [-0.1, -0.05) is 19.3 Å². The van der Waals surface area contributed by atoms with Gasteiger partial charge in [0.05, 0.1) is 5.92 Å². The van der Waals surface area contributed by atoms with Crippen LogP contribution < -0.4 is 0 Å². The molecule has 1 fully saturated rings. The first kappa shape index (κ1) is 13.1. The highest BCUT2D eigenvalue weighted by molar-refractivity contribution is 9.10. The molecule has 0 bridgehead atoms. The topological polar surface area (TPSA) is 37.3 Å². The highest BCUT2D eigenvalue weighted by Crippen LogP contribution is 2.33. The lowest BCUT2D eigenvalue weighted by atomic mass is 9.85. The van der Waals surface area contributed by atoms with Crippen molar-refractivity contribution in [1.29, 1.82) is 0 Å². The minimum Gasteiger partial charge on any atom is -0.481 e. The van der Waals surface area contributed by atoms with Crippen LogP contribution in [0.25, 0.3) is 0 Å². The van der Waals surface area contributed by atoms with Gasteiger partial charge in [0.2, 0.25) is 0 Å². The Balaban J connectivity index is 2.07. The second kappa shape index (κ2) is 6.01. The van der Waals surface area contributed by atoms with E-state index in [2.05, 4.69) is 27.4 Å². The number of aliphatic carboxylic acids is 1. The van der Waals surface area contributed by atoms with E-state index >= 15 is 0 Å². The van der Waals surface area contributed by atoms with Crippen molar-refractivity contribution in [2.75, 3.05) is 0 Å². The van der Waals surface area contributed by atoms with Gasteiger partial charge in [0.1, 0.15) is 0 Å². The normalized spacial score (nSPS) is 25.5. The van der Waals surface area contributed by atoms with Crippen LogP contribution in [0.2, 0.25) is 0 Å². The molecule has 1 N–H and O–H groups in total. The van der Waals surface area contributed by atoms with Gasteiger partial charge in [-0.3, -0.25) is 4.79 Å². The number of carbonyl (C=O) groups is 1. The van der Waals surface area contributed by atoms with Crippen LogP contribution in [-0.4, -0.2) is 11.1 Å². The number of carboxylic acids is 1. The third-order valence-corrected chi connectivity index (χ3v) is 5.28. The molecule has 4 heteroatoms. The predicted octanol–water partition coefficient (Wildman–Crippen LogP) is 4.33. The van der Waals surface area contributed by atoms with E-state index in [9.17, 15) is 9.90 Å². The van der Waals surface area contributed by atoms with E-state index in [0.29, 0.717) is 5.92 Å². The monoisotopic (exact) mass is 316 g/mol. The Labute approximate surface area is 114 Å². The van der Waals surface area contributed by atoms with E-state index in [-0.39, 0.29) is 5.92 Å². The van der Waals surface area contributed by atoms with Gasteiger partial charge in [-0.2, -0.15) is 0 Å². The zero-order chi connectivity index (χ0) is 12.3. The minimum absolute atomic E-state index is 0.140. The standard InChI is InChI=1S/C13H17BrO2S/c14-10-7-11(17-8-10)6-9-4-2-1-3-5-12(9)13(15)16/h7-9,12H,1-6H2,(H,15,16). The van der Waals surface area contributed by atoms with Crippen molar-refractivity contribution >= 4 is 33.2 Å². The summed E-state index contributed by atoms with van der Waals surface area (Å²) >= 11 is 5.17. The van der Waals surface area contributed by atoms with E-state index in [4.69, 9.17) is 0 Å². The van der Waals surface area contributed by atoms with Crippen LogP contribution in [0.4, 0.5) is 0 Å². The van der Waals surface area contributed by atoms with Crippen molar-refractivity contribution in [3.63, 3.8) is 0 Å². The number of rotatable bonds is 3. The Morgan fingerprint density at radius 2 is 2.18 bits per heavy atom. The average molecular weight is 317 g/mol. The molecule has 1 aliphatic rings. The average Bonchev–Trinajstić information content (AvgIpc) is 2.55. The number of halogens is 1. The maximum atomic E-state index is 11.3. The quantitative estimate of drug-likeness (QED) is 0.842. The molecular formula is C13H17BrO2S. The molecule has 0 amide bonds. The van der Waals surface area contributed by atoms with E-state index in [0.717, 1.165) is 30.2 Å². The van der Waals surface area contributed by atoms with Gasteiger partial charge < -0.3 is 5.11 Å². The number of carboxylic acid groups (broad SMARTS) is 1. The van der Waals surface area contributed by atoms with E-state index < -0.39 is 5.97 Å². The fraction of sp³-hybridized carbons (Fsp3) is 0.615. The molecular weight excluding hydrogens is 300 g/mol. The van der Waals surface area contributed by atoms with Gasteiger partial charge in [-0.15, -0.1) is 11.3 Å². The molecule has 2 rings (SSSR count). The number of hydrogen-bond acceptors (Lipinski definition) is 2. The van der Waals surface area contributed by atoms with Crippen molar-refractivity contribution in [2.24, 2.45) is 11.8 Å². The first-order chi connectivity index (χ1) is 8.16. The molecule has 2 nitrogen and oxygen atoms in total. The summed E-state index contributed by atoms with van der Waals surface area (Å²) in [6, 6.07) is 2.12. The summed E-state index contributed by atoms with van der Waals surface area (Å²) in [5.41, 5.74) is 0. The van der Waals surface area contributed by atoms with Crippen molar-refractivity contribution in [3.8, 4) is 0 Å². The third-order valence-electron chi connectivity index (χ3n) is 3.56. The second-order valence-corrected chi connectivity index (χ2v) is 6.69. The first-order valence-electron chi connectivity index (χ1n) is 6.12. The molecule has 17 heavy (non-hydrogen) atoms. The van der Waals surface area contributed by atoms with Crippen LogP contribution in [0.5, 0.6) is 0 Å². The summed E-state index contributed by atoms with van der Waals surface area (Å²) in [5, 5.41) is 11.4. The number of thiophene rings is 1. The summed E-state index contributed by atoms with van der Waals surface area (Å²) in [7, 11) is 0. The fourth-order valence-corrected chi connectivity index (χ4v) is 4.22. The summed E-state index contributed by atoms with van der Waals surface area (Å²) in [6.45, 7) is 0. The van der Waals surface area contributed by atoms with E-state index in [1.165, 1.54) is 17.7 Å². The molecule has 1 aliphatic carbocycles. The maximum Gasteiger partial charge on any atom is 0.306 e. The van der Waals surface area contributed by atoms with Crippen molar-refractivity contribution in [3.05, 3.63) is 20.8 Å². The van der Waals surface area contributed by atoms with Crippen LogP contribution in [0, 0.1) is 11.8 Å². The van der Waals surface area contributed by atoms with Crippen LogP contribution in [0.1, 0.15) is 37.0 Å². The zero-order valence-electron chi connectivity index (χ0n) is 9.69. The Kier molecular flexibility index (Phi) is 4.62. The Morgan fingerprint density at radius 1 is 1.41 bits per heavy atom. The minimum atomic E-state index is -0.604. The molecule has 1 aromatic rings. The Hall–Kier alpha value is -0.350. The van der Waals surface area contributed by atoms with Gasteiger partial charge in [0, 0.05) is 14.7 Å². The van der Waals surface area contributed by atoms with Crippen LogP contribution in [0.15, 0.2) is 15.9 Å². The second-order valence-electron chi connectivity index (χ2n) is 4.78. The van der Waals surface area contributed by atoms with Gasteiger partial charge in [-0.25, -0.2) is 0 Å². The van der Waals surface area contributed by atoms with Crippen molar-refractivity contribution < 1.29 is 9.90 Å². The predicted molar refractivity (Wildman–Crippen MR) is 73.4 cm³/mol. The molecule has 0 spiro atoms. The molecule has 0 aromatic carbocycles. The molecule has 0 saturated heterocycles. The smallest absolute Gasteiger partial charge is 0.306 e. The van der Waals surface area contributed by atoms with Crippen LogP contribution >= 0.6 is 27.3 Å². The van der Waals surface area contributed by atoms with Crippen molar-refractivity contribution in [1.82, 2.24) is 0 Å². The third kappa shape index (κ3) is 3.55. The van der Waals surface area contributed by atoms with E-state index in [1.54, 1.807) is 11.3 Å². The molecule has 0 radical (unpaired) electrons. The van der Waals surface area contributed by atoms with Gasteiger partial charge in [0.15, 0.2) is 0 Å². The molecule has 2 unspecified atom stereocenters. The molecule has 1 aromatic heterocycles. The Bertz CT molecular complexity index is 389. The molecule has 2 atom stereocenters. The molecule has 1 heterocycles. The highest BCUT2D eigenvalue weighted by Gasteiger charge is 2.29. The summed E-state index contributed by atoms with van der Waals surface area (Å²) in [5.74, 6) is -0.425. The largest absolute Gasteiger partial charge is 0.481 e. The fourth-order valence-electron chi connectivity index (χ4n) is 2.67. The molecule has 94 valence electrons. The highest BCUT2D eigenvalue weighted by atomic mass is 79.9. The first-order valence-corrected chi connectivity index (χ1v) is 7.80. The SMILES string of the molecule is O=C(O)C1CCCCCC1Cc1cc(Br)cs1. The Morgan fingerprint density at radius 3 is 2.82 bits per heavy atom. The van der Waals surface area contributed by atoms with Gasteiger partial charge in [-0.05, 0) is 47.2 Å². The van der Waals surface area contributed by atoms with Gasteiger partial charge >= 0.3 is 5.97 Å². The van der Waals surface area contributed by atoms with E-state index in [1.807, 2.05) is 0 Å². The summed E-state index contributed by atoms with van der Waals surface area (Å²) < 4.78 is 1.11. The lowest BCUT2D eigenvalue weighted by Gasteiger charge is -2.20. The summed E-state index contributed by atoms with van der Waals surface area (Å²) in [4.78, 5) is 12.6. The van der Waals surface area contributed by atoms with Crippen LogP contribution in [-0.2, 0) is 11.2 Å². The van der Waals surface area contributed by atoms with Crippen LogP contribution in [0.3, 0.4) is 0 Å². The molecule has 1 saturated carbocycles. The summed E-state index contributed by atoms with van der Waals surface area (Å²) in [6.07, 6.45) is 6.28.